The minimum Gasteiger partial charge on any atom is -0.457 e. The van der Waals surface area contributed by atoms with Gasteiger partial charge in [0.05, 0.1) is 6.42 Å². The zero-order valence-electron chi connectivity index (χ0n) is 9.71. The van der Waals surface area contributed by atoms with E-state index in [1.807, 2.05) is 54.6 Å². The first-order chi connectivity index (χ1) is 8.24. The Bertz CT molecular complexity index is 497. The van der Waals surface area contributed by atoms with Gasteiger partial charge in [-0.3, -0.25) is 4.79 Å². The fourth-order valence-corrected chi connectivity index (χ4v) is 1.50. The van der Waals surface area contributed by atoms with E-state index in [2.05, 4.69) is 0 Å². The fraction of sp³-hybridized carbons (Fsp3) is 0.0714. The maximum atomic E-state index is 10.7. The first-order valence-corrected chi connectivity index (χ1v) is 5.34. The Morgan fingerprint density at radius 1 is 0.944 bits per heavy atom. The summed E-state index contributed by atoms with van der Waals surface area (Å²) in [6, 6.07) is 16.9. The number of carbonyl (C=O) groups is 1. The normalized spacial score (nSPS) is 9.33. The van der Waals surface area contributed by atoms with Gasteiger partial charge in [-0.15, -0.1) is 12.4 Å². The van der Waals surface area contributed by atoms with E-state index < -0.39 is 0 Å². The predicted octanol–water partition coefficient (Wildman–Crippen LogP) is 2.93. The summed E-state index contributed by atoms with van der Waals surface area (Å²) < 4.78 is 5.62. The Balaban J connectivity index is 0.00000162. The standard InChI is InChI=1S/C14H13NO2.ClH/c15-14(16)10-11-6-8-13(9-7-11)17-12-4-2-1-3-5-12;/h1-9H,10H2,(H2,15,16);1H. The lowest BCUT2D eigenvalue weighted by Gasteiger charge is -2.05. The molecule has 1 amide bonds. The number of carbonyl (C=O) groups excluding carboxylic acids is 1. The summed E-state index contributed by atoms with van der Waals surface area (Å²) >= 11 is 0. The van der Waals surface area contributed by atoms with E-state index in [9.17, 15) is 4.79 Å². The molecule has 3 nitrogen and oxygen atoms in total. The third-order valence-corrected chi connectivity index (χ3v) is 2.28. The molecule has 0 saturated carbocycles. The van der Waals surface area contributed by atoms with Crippen LogP contribution in [-0.4, -0.2) is 5.91 Å². The molecule has 0 unspecified atom stereocenters. The second-order valence-corrected chi connectivity index (χ2v) is 3.70. The Kier molecular flexibility index (Phi) is 5.21. The summed E-state index contributed by atoms with van der Waals surface area (Å²) in [5, 5.41) is 0. The van der Waals surface area contributed by atoms with Gasteiger partial charge in [-0.05, 0) is 29.8 Å². The van der Waals surface area contributed by atoms with Gasteiger partial charge in [0.2, 0.25) is 5.91 Å². The second kappa shape index (κ2) is 6.67. The van der Waals surface area contributed by atoms with Crippen LogP contribution in [0.1, 0.15) is 5.56 Å². The molecule has 0 fully saturated rings. The van der Waals surface area contributed by atoms with Crippen molar-refractivity contribution >= 4 is 18.3 Å². The number of nitrogens with two attached hydrogens (primary N) is 1. The van der Waals surface area contributed by atoms with Crippen LogP contribution in [0.25, 0.3) is 0 Å². The number of benzene rings is 2. The minimum absolute atomic E-state index is 0. The number of para-hydroxylation sites is 1. The Labute approximate surface area is 112 Å². The van der Waals surface area contributed by atoms with Crippen LogP contribution in [0.5, 0.6) is 11.5 Å². The average molecular weight is 264 g/mol. The molecule has 2 aromatic carbocycles. The molecule has 0 atom stereocenters. The van der Waals surface area contributed by atoms with Crippen LogP contribution in [0, 0.1) is 0 Å². The number of rotatable bonds is 4. The van der Waals surface area contributed by atoms with Crippen molar-refractivity contribution in [3.63, 3.8) is 0 Å². The average Bonchev–Trinajstić information content (AvgIpc) is 2.32. The van der Waals surface area contributed by atoms with Crippen molar-refractivity contribution in [2.45, 2.75) is 6.42 Å². The van der Waals surface area contributed by atoms with E-state index in [0.717, 1.165) is 17.1 Å². The third kappa shape index (κ3) is 4.11. The van der Waals surface area contributed by atoms with E-state index in [0.29, 0.717) is 0 Å². The van der Waals surface area contributed by atoms with Crippen LogP contribution in [0.4, 0.5) is 0 Å². The molecule has 0 bridgehead atoms. The maximum Gasteiger partial charge on any atom is 0.221 e. The van der Waals surface area contributed by atoms with Crippen molar-refractivity contribution in [1.29, 1.82) is 0 Å². The zero-order valence-corrected chi connectivity index (χ0v) is 10.5. The molecule has 0 saturated heterocycles. The fourth-order valence-electron chi connectivity index (χ4n) is 1.50. The van der Waals surface area contributed by atoms with Gasteiger partial charge in [-0.2, -0.15) is 0 Å². The Morgan fingerprint density at radius 3 is 2.06 bits per heavy atom. The van der Waals surface area contributed by atoms with Gasteiger partial charge in [0.15, 0.2) is 0 Å². The van der Waals surface area contributed by atoms with Crippen LogP contribution >= 0.6 is 12.4 Å². The molecular formula is C14H14ClNO2. The minimum atomic E-state index is -0.332. The smallest absolute Gasteiger partial charge is 0.221 e. The van der Waals surface area contributed by atoms with Gasteiger partial charge in [0.25, 0.3) is 0 Å². The molecule has 2 aromatic rings. The first-order valence-electron chi connectivity index (χ1n) is 5.34. The molecule has 0 aliphatic carbocycles. The summed E-state index contributed by atoms with van der Waals surface area (Å²) in [6.07, 6.45) is 0.256. The van der Waals surface area contributed by atoms with Gasteiger partial charge in [0, 0.05) is 0 Å². The molecule has 0 spiro atoms. The summed E-state index contributed by atoms with van der Waals surface area (Å²) in [5.74, 6) is 1.20. The van der Waals surface area contributed by atoms with Crippen LogP contribution in [0.3, 0.4) is 0 Å². The molecule has 94 valence electrons. The quantitative estimate of drug-likeness (QED) is 0.922. The van der Waals surface area contributed by atoms with Crippen LogP contribution in [0.15, 0.2) is 54.6 Å². The zero-order chi connectivity index (χ0) is 12.1. The predicted molar refractivity (Wildman–Crippen MR) is 73.1 cm³/mol. The van der Waals surface area contributed by atoms with Crippen LogP contribution in [0.2, 0.25) is 0 Å². The highest BCUT2D eigenvalue weighted by Gasteiger charge is 2.00. The summed E-state index contributed by atoms with van der Waals surface area (Å²) in [7, 11) is 0. The monoisotopic (exact) mass is 263 g/mol. The molecule has 2 N–H and O–H groups in total. The van der Waals surface area contributed by atoms with Gasteiger partial charge < -0.3 is 10.5 Å². The van der Waals surface area contributed by atoms with E-state index in [-0.39, 0.29) is 24.7 Å². The molecule has 0 radical (unpaired) electrons. The molecule has 0 aliphatic rings. The van der Waals surface area contributed by atoms with Crippen LogP contribution in [-0.2, 0) is 11.2 Å². The lowest BCUT2D eigenvalue weighted by Crippen LogP contribution is -2.13. The van der Waals surface area contributed by atoms with E-state index in [1.165, 1.54) is 0 Å². The third-order valence-electron chi connectivity index (χ3n) is 2.28. The largest absolute Gasteiger partial charge is 0.457 e. The SMILES string of the molecule is Cl.NC(=O)Cc1ccc(Oc2ccccc2)cc1. The summed E-state index contributed by atoms with van der Waals surface area (Å²) in [4.78, 5) is 10.7. The number of primary amides is 1. The highest BCUT2D eigenvalue weighted by molar-refractivity contribution is 5.85. The number of halogens is 1. The lowest BCUT2D eigenvalue weighted by atomic mass is 10.1. The molecule has 0 aromatic heterocycles. The maximum absolute atomic E-state index is 10.7. The topological polar surface area (TPSA) is 52.3 Å². The molecule has 4 heteroatoms. The number of hydrogen-bond donors (Lipinski definition) is 1. The van der Waals surface area contributed by atoms with Crippen molar-refractivity contribution in [3.05, 3.63) is 60.2 Å². The number of amides is 1. The molecular weight excluding hydrogens is 250 g/mol. The summed E-state index contributed by atoms with van der Waals surface area (Å²) in [5.41, 5.74) is 6.00. The van der Waals surface area contributed by atoms with Crippen molar-refractivity contribution in [2.24, 2.45) is 5.73 Å². The van der Waals surface area contributed by atoms with Gasteiger partial charge in [-0.25, -0.2) is 0 Å². The number of ether oxygens (including phenoxy) is 1. The van der Waals surface area contributed by atoms with Gasteiger partial charge in [0.1, 0.15) is 11.5 Å². The van der Waals surface area contributed by atoms with Crippen molar-refractivity contribution in [2.75, 3.05) is 0 Å². The summed E-state index contributed by atoms with van der Waals surface area (Å²) in [6.45, 7) is 0. The lowest BCUT2D eigenvalue weighted by molar-refractivity contribution is -0.117. The van der Waals surface area contributed by atoms with Crippen molar-refractivity contribution < 1.29 is 9.53 Å². The first kappa shape index (κ1) is 14.1. The second-order valence-electron chi connectivity index (χ2n) is 3.70. The van der Waals surface area contributed by atoms with E-state index >= 15 is 0 Å². The molecule has 0 aliphatic heterocycles. The Hall–Kier alpha value is -2.00. The highest BCUT2D eigenvalue weighted by Crippen LogP contribution is 2.21. The van der Waals surface area contributed by atoms with Crippen LogP contribution < -0.4 is 10.5 Å². The molecule has 2 rings (SSSR count). The molecule has 18 heavy (non-hydrogen) atoms. The van der Waals surface area contributed by atoms with Crippen molar-refractivity contribution in [1.82, 2.24) is 0 Å². The van der Waals surface area contributed by atoms with Crippen molar-refractivity contribution in [3.8, 4) is 11.5 Å². The van der Waals surface area contributed by atoms with Gasteiger partial charge in [-0.1, -0.05) is 30.3 Å². The van der Waals surface area contributed by atoms with Gasteiger partial charge >= 0.3 is 0 Å². The number of hydrogen-bond acceptors (Lipinski definition) is 2. The van der Waals surface area contributed by atoms with E-state index in [1.54, 1.807) is 0 Å². The molecule has 0 heterocycles. The van der Waals surface area contributed by atoms with E-state index in [4.69, 9.17) is 10.5 Å². The highest BCUT2D eigenvalue weighted by atomic mass is 35.5. The Morgan fingerprint density at radius 2 is 1.50 bits per heavy atom.